The molecule has 0 bridgehead atoms. The largest absolute Gasteiger partial charge is 0.304 e. The van der Waals surface area contributed by atoms with E-state index in [4.69, 9.17) is 0 Å². The Morgan fingerprint density at radius 2 is 0.583 bits per heavy atom. The fourth-order valence-corrected chi connectivity index (χ4v) is 1.81. The Morgan fingerprint density at radius 3 is 0.667 bits per heavy atom. The third-order valence-electron chi connectivity index (χ3n) is 3.45. The molecule has 0 aromatic heterocycles. The van der Waals surface area contributed by atoms with Gasteiger partial charge < -0.3 is 19.6 Å². The molecule has 0 unspecified atom stereocenters. The lowest BCUT2D eigenvalue weighted by Crippen LogP contribution is -2.42. The molecule has 144 valence electrons. The van der Waals surface area contributed by atoms with Crippen LogP contribution in [0.5, 0.6) is 0 Å². The van der Waals surface area contributed by atoms with Crippen molar-refractivity contribution < 1.29 is 0 Å². The van der Waals surface area contributed by atoms with Gasteiger partial charge in [-0.2, -0.15) is 0 Å². The topological polar surface area (TPSA) is 13.0 Å². The van der Waals surface area contributed by atoms with Gasteiger partial charge in [-0.25, -0.2) is 0 Å². The van der Waals surface area contributed by atoms with Gasteiger partial charge in [0.1, 0.15) is 16.3 Å². The van der Waals surface area contributed by atoms with Crippen LogP contribution < -0.4 is 0 Å². The summed E-state index contributed by atoms with van der Waals surface area (Å²) in [5.74, 6) is 8.83. The summed E-state index contributed by atoms with van der Waals surface area (Å²) in [4.78, 5) is 9.44. The second-order valence-electron chi connectivity index (χ2n) is 6.95. The molecule has 4 nitrogen and oxygen atoms in total. The Balaban J connectivity index is -0.000000261. The summed E-state index contributed by atoms with van der Waals surface area (Å²) in [7, 11) is 8.69. The van der Waals surface area contributed by atoms with Crippen LogP contribution in [0.4, 0.5) is 0 Å². The average Bonchev–Trinajstić information content (AvgIpc) is 2.57. The van der Waals surface area contributed by atoms with Crippen LogP contribution in [0.1, 0.15) is 13.8 Å². The number of likely N-dealkylation sites (N-methyl/N-ethyl adjacent to an activating group) is 4. The van der Waals surface area contributed by atoms with Crippen molar-refractivity contribution in [2.45, 2.75) is 37.0 Å². The standard InChI is InChI=1S/2C6H14N2.C2H6.4CH3.2Al/c2*1-7-3-5-8(2)6-4-7;1-2;;;;;;/h2*3-6H2,1-2H3;1-2H3;4*1H3;;. The highest BCUT2D eigenvalue weighted by Gasteiger charge is 2.08. The predicted molar refractivity (Wildman–Crippen MR) is 116 cm³/mol. The molecule has 6 heteroatoms. The zero-order chi connectivity index (χ0) is 19.5. The highest BCUT2D eigenvalue weighted by molar-refractivity contribution is 6.54. The van der Waals surface area contributed by atoms with E-state index < -0.39 is 0 Å². The normalized spacial score (nSPS) is 19.1. The highest BCUT2D eigenvalue weighted by Crippen LogP contribution is 1.94. The van der Waals surface area contributed by atoms with Crippen molar-refractivity contribution in [2.75, 3.05) is 80.5 Å². The summed E-state index contributed by atoms with van der Waals surface area (Å²) in [6, 6.07) is 0. The van der Waals surface area contributed by atoms with E-state index in [1.807, 2.05) is 19.6 Å². The molecule has 2 heterocycles. The highest BCUT2D eigenvalue weighted by atomic mass is 27.2. The van der Waals surface area contributed by atoms with Crippen LogP contribution >= 0.6 is 0 Å². The molecule has 0 spiro atoms. The zero-order valence-corrected chi connectivity index (χ0v) is 20.9. The second kappa shape index (κ2) is 21.9. The molecule has 0 aromatic carbocycles. The second-order valence-corrected chi connectivity index (χ2v) is 10.4. The van der Waals surface area contributed by atoms with Crippen molar-refractivity contribution in [1.29, 1.82) is 0 Å². The van der Waals surface area contributed by atoms with E-state index in [-0.39, 0.29) is 14.1 Å². The number of piperazine rings is 2. The third kappa shape index (κ3) is 25.1. The SMILES string of the molecule is CC.CN1CCN(C)CC1.CN1CCN(C)CC1.[CH3][Al].[CH3][Al]([CH3])[CH3]. The van der Waals surface area contributed by atoms with Crippen molar-refractivity contribution in [1.82, 2.24) is 19.6 Å². The lowest BCUT2D eigenvalue weighted by molar-refractivity contribution is 0.181. The van der Waals surface area contributed by atoms with Crippen LogP contribution in [0.25, 0.3) is 0 Å². The number of rotatable bonds is 0. The van der Waals surface area contributed by atoms with E-state index in [1.54, 1.807) is 0 Å². The summed E-state index contributed by atoms with van der Waals surface area (Å²) in [6.07, 6.45) is 0. The minimum absolute atomic E-state index is 0.139. The van der Waals surface area contributed by atoms with E-state index in [0.29, 0.717) is 0 Å². The van der Waals surface area contributed by atoms with Gasteiger partial charge in [0.25, 0.3) is 14.1 Å². The maximum absolute atomic E-state index is 2.42. The number of nitrogens with zero attached hydrogens (tertiary/aromatic N) is 4. The summed E-state index contributed by atoms with van der Waals surface area (Å²) < 4.78 is 0. The Morgan fingerprint density at radius 1 is 0.500 bits per heavy atom. The van der Waals surface area contributed by atoms with Gasteiger partial charge in [-0.15, -0.1) is 23.1 Å². The molecule has 2 fully saturated rings. The lowest BCUT2D eigenvalue weighted by atomic mass is 10.4. The van der Waals surface area contributed by atoms with Gasteiger partial charge in [0.05, 0.1) is 0 Å². The molecule has 0 aromatic rings. The molecule has 2 saturated heterocycles. The fourth-order valence-electron chi connectivity index (χ4n) is 1.81. The molecule has 0 N–H and O–H groups in total. The van der Waals surface area contributed by atoms with Gasteiger partial charge in [0.15, 0.2) is 0 Å². The van der Waals surface area contributed by atoms with Crippen LogP contribution in [0.15, 0.2) is 0 Å². The van der Waals surface area contributed by atoms with Gasteiger partial charge in [-0.3, -0.25) is 0 Å². The molecular formula is C18H46Al2N4. The van der Waals surface area contributed by atoms with Crippen LogP contribution in [0.3, 0.4) is 0 Å². The van der Waals surface area contributed by atoms with Gasteiger partial charge >= 0.3 is 0 Å². The van der Waals surface area contributed by atoms with Crippen molar-refractivity contribution in [3.63, 3.8) is 0 Å². The zero-order valence-electron chi connectivity index (χ0n) is 18.6. The van der Waals surface area contributed by atoms with Crippen molar-refractivity contribution in [2.24, 2.45) is 0 Å². The molecule has 2 radical (unpaired) electrons. The summed E-state index contributed by atoms with van der Waals surface area (Å²) in [6.45, 7) is 13.9. The van der Waals surface area contributed by atoms with E-state index in [1.165, 1.54) is 52.4 Å². The summed E-state index contributed by atoms with van der Waals surface area (Å²) >= 11 is 2.28. The minimum atomic E-state index is -0.139. The quantitative estimate of drug-likeness (QED) is 0.605. The van der Waals surface area contributed by atoms with Gasteiger partial charge in [0, 0.05) is 52.4 Å². The smallest absolute Gasteiger partial charge is 0.251 e. The molecule has 0 saturated carbocycles. The van der Waals surface area contributed by atoms with E-state index >= 15 is 0 Å². The van der Waals surface area contributed by atoms with Crippen LogP contribution in [-0.2, 0) is 0 Å². The van der Waals surface area contributed by atoms with Gasteiger partial charge in [0.2, 0.25) is 0 Å². The Kier molecular flexibility index (Phi) is 27.1. The maximum atomic E-state index is 2.42. The van der Waals surface area contributed by atoms with Crippen LogP contribution in [-0.4, -0.2) is 131 Å². The molecule has 0 amide bonds. The Labute approximate surface area is 167 Å². The first-order valence-electron chi connectivity index (χ1n) is 9.63. The van der Waals surface area contributed by atoms with E-state index in [0.717, 1.165) is 0 Å². The Hall–Kier alpha value is 0.905. The predicted octanol–water partition coefficient (Wildman–Crippen LogP) is 2.33. The van der Waals surface area contributed by atoms with Crippen LogP contribution in [0.2, 0.25) is 23.1 Å². The first-order chi connectivity index (χ1) is 11.3. The molecule has 2 aliphatic rings. The first-order valence-corrected chi connectivity index (χ1v) is 14.2. The average molecular weight is 373 g/mol. The molecule has 2 rings (SSSR count). The first kappa shape index (κ1) is 29.7. The number of hydrogen-bond donors (Lipinski definition) is 0. The molecular weight excluding hydrogens is 326 g/mol. The van der Waals surface area contributed by atoms with Gasteiger partial charge in [-0.1, -0.05) is 13.8 Å². The van der Waals surface area contributed by atoms with E-state index in [2.05, 4.69) is 81.4 Å². The minimum Gasteiger partial charge on any atom is -0.304 e. The summed E-state index contributed by atoms with van der Waals surface area (Å²) in [5.41, 5.74) is 0. The van der Waals surface area contributed by atoms with Crippen molar-refractivity contribution in [3.8, 4) is 0 Å². The van der Waals surface area contributed by atoms with Crippen LogP contribution in [0, 0.1) is 0 Å². The van der Waals surface area contributed by atoms with Crippen molar-refractivity contribution in [3.05, 3.63) is 0 Å². The molecule has 0 aliphatic carbocycles. The summed E-state index contributed by atoms with van der Waals surface area (Å²) in [5, 5.41) is 0. The fraction of sp³-hybridized carbons (Fsp3) is 1.00. The molecule has 2 aliphatic heterocycles. The maximum Gasteiger partial charge on any atom is 0.251 e. The monoisotopic (exact) mass is 372 g/mol. The van der Waals surface area contributed by atoms with Crippen molar-refractivity contribution >= 4 is 30.4 Å². The van der Waals surface area contributed by atoms with Gasteiger partial charge in [-0.05, 0) is 28.2 Å². The lowest BCUT2D eigenvalue weighted by Gasteiger charge is -2.28. The van der Waals surface area contributed by atoms with E-state index in [9.17, 15) is 0 Å². The number of hydrogen-bond acceptors (Lipinski definition) is 4. The Bertz CT molecular complexity index is 172. The molecule has 24 heavy (non-hydrogen) atoms. The third-order valence-corrected chi connectivity index (χ3v) is 3.45. The molecule has 0 atom stereocenters.